The normalized spacial score (nSPS) is 13.5. The summed E-state index contributed by atoms with van der Waals surface area (Å²) < 4.78 is 12.8. The van der Waals surface area contributed by atoms with Crippen molar-refractivity contribution in [2.24, 2.45) is 0 Å². The van der Waals surface area contributed by atoms with Crippen molar-refractivity contribution >= 4 is 6.09 Å². The highest BCUT2D eigenvalue weighted by Gasteiger charge is 2.35. The van der Waals surface area contributed by atoms with Crippen LogP contribution in [0.5, 0.6) is 0 Å². The third-order valence-corrected chi connectivity index (χ3v) is 2.51. The van der Waals surface area contributed by atoms with Crippen molar-refractivity contribution in [3.8, 4) is 6.07 Å². The summed E-state index contributed by atoms with van der Waals surface area (Å²) in [6.45, 7) is 0.219. The van der Waals surface area contributed by atoms with Gasteiger partial charge in [0.2, 0.25) is 0 Å². The highest BCUT2D eigenvalue weighted by molar-refractivity contribution is 5.67. The molecule has 0 heterocycles. The first kappa shape index (κ1) is 13.0. The molecule has 1 aromatic carbocycles. The number of amides is 1. The predicted molar refractivity (Wildman–Crippen MR) is 60.0 cm³/mol. The predicted octanol–water partition coefficient (Wildman–Crippen LogP) is 2.42. The van der Waals surface area contributed by atoms with E-state index in [4.69, 9.17) is 10.4 Å². The lowest BCUT2D eigenvalue weighted by molar-refractivity contribution is 0.0900. The van der Waals surface area contributed by atoms with Crippen LogP contribution in [0.2, 0.25) is 0 Å². The molecular formula is C12H13FN2O2. The zero-order chi connectivity index (χ0) is 12.9. The van der Waals surface area contributed by atoms with Crippen molar-refractivity contribution in [2.75, 3.05) is 6.67 Å². The summed E-state index contributed by atoms with van der Waals surface area (Å²) in [5.41, 5.74) is -0.938. The lowest BCUT2D eigenvalue weighted by Crippen LogP contribution is -2.49. The molecule has 17 heavy (non-hydrogen) atoms. The van der Waals surface area contributed by atoms with Gasteiger partial charge in [0, 0.05) is 0 Å². The number of hydrogen-bond donors (Lipinski definition) is 1. The van der Waals surface area contributed by atoms with Crippen LogP contribution in [-0.4, -0.2) is 28.3 Å². The molecule has 1 rings (SSSR count). The molecule has 0 aliphatic heterocycles. The van der Waals surface area contributed by atoms with Gasteiger partial charge in [-0.2, -0.15) is 5.26 Å². The molecule has 0 aliphatic rings. The quantitative estimate of drug-likeness (QED) is 0.873. The van der Waals surface area contributed by atoms with Crippen molar-refractivity contribution in [3.05, 3.63) is 35.9 Å². The summed E-state index contributed by atoms with van der Waals surface area (Å²) in [7, 11) is 0. The number of nitriles is 1. The maximum atomic E-state index is 12.8. The largest absolute Gasteiger partial charge is 0.465 e. The van der Waals surface area contributed by atoms with Crippen LogP contribution in [0.1, 0.15) is 12.5 Å². The lowest BCUT2D eigenvalue weighted by Gasteiger charge is -2.31. The Kier molecular flexibility index (Phi) is 4.05. The van der Waals surface area contributed by atoms with Crippen LogP contribution in [0.25, 0.3) is 0 Å². The van der Waals surface area contributed by atoms with Crippen LogP contribution in [0.3, 0.4) is 0 Å². The fourth-order valence-electron chi connectivity index (χ4n) is 1.38. The number of benzene rings is 1. The Labute approximate surface area is 98.9 Å². The standard InChI is InChI=1S/C12H13FN2O2/c1-12(8-13,9-14)15(11(16)17)7-10-5-3-2-4-6-10/h2-6H,7-8H2,1H3,(H,16,17). The first-order valence-electron chi connectivity index (χ1n) is 5.05. The molecule has 90 valence electrons. The van der Waals surface area contributed by atoms with E-state index in [1.165, 1.54) is 6.92 Å². The maximum Gasteiger partial charge on any atom is 0.408 e. The third kappa shape index (κ3) is 2.94. The second-order valence-corrected chi connectivity index (χ2v) is 3.87. The van der Waals surface area contributed by atoms with E-state index >= 15 is 0 Å². The smallest absolute Gasteiger partial charge is 0.408 e. The second-order valence-electron chi connectivity index (χ2n) is 3.87. The van der Waals surface area contributed by atoms with Gasteiger partial charge < -0.3 is 5.11 Å². The summed E-state index contributed by atoms with van der Waals surface area (Å²) >= 11 is 0. The average molecular weight is 236 g/mol. The van der Waals surface area contributed by atoms with Crippen molar-refractivity contribution in [3.63, 3.8) is 0 Å². The van der Waals surface area contributed by atoms with Crippen molar-refractivity contribution in [1.29, 1.82) is 5.26 Å². The van der Waals surface area contributed by atoms with E-state index in [0.29, 0.717) is 5.56 Å². The minimum Gasteiger partial charge on any atom is -0.465 e. The van der Waals surface area contributed by atoms with E-state index in [-0.39, 0.29) is 6.54 Å². The number of halogens is 1. The maximum absolute atomic E-state index is 12.8. The molecule has 0 aliphatic carbocycles. The van der Waals surface area contributed by atoms with Crippen LogP contribution >= 0.6 is 0 Å². The summed E-state index contributed by atoms with van der Waals surface area (Å²) in [4.78, 5) is 11.9. The second kappa shape index (κ2) is 5.30. The van der Waals surface area contributed by atoms with Gasteiger partial charge in [-0.3, -0.25) is 4.90 Å². The number of hydrogen-bond acceptors (Lipinski definition) is 2. The van der Waals surface area contributed by atoms with Crippen LogP contribution in [0, 0.1) is 11.3 Å². The Bertz CT molecular complexity index is 430. The topological polar surface area (TPSA) is 64.3 Å². The first-order chi connectivity index (χ1) is 8.03. The molecular weight excluding hydrogens is 223 g/mol. The Hall–Kier alpha value is -2.09. The van der Waals surface area contributed by atoms with E-state index in [1.807, 2.05) is 0 Å². The van der Waals surface area contributed by atoms with E-state index in [9.17, 15) is 9.18 Å². The van der Waals surface area contributed by atoms with Crippen LogP contribution < -0.4 is 0 Å². The average Bonchev–Trinajstić information content (AvgIpc) is 2.36. The molecule has 1 atom stereocenters. The SMILES string of the molecule is CC(C#N)(CF)N(Cc1ccccc1)C(=O)O. The van der Waals surface area contributed by atoms with Crippen LogP contribution in [-0.2, 0) is 6.54 Å². The fraction of sp³-hybridized carbons (Fsp3) is 0.333. The molecule has 4 nitrogen and oxygen atoms in total. The van der Waals surface area contributed by atoms with E-state index in [2.05, 4.69) is 0 Å². The molecule has 1 amide bonds. The van der Waals surface area contributed by atoms with Gasteiger partial charge in [0.15, 0.2) is 5.54 Å². The zero-order valence-electron chi connectivity index (χ0n) is 9.43. The molecule has 1 N–H and O–H groups in total. The summed E-state index contributed by atoms with van der Waals surface area (Å²) in [5.74, 6) is 0. The molecule has 0 bridgehead atoms. The molecule has 0 fully saturated rings. The molecule has 0 saturated heterocycles. The van der Waals surface area contributed by atoms with Crippen molar-refractivity contribution in [2.45, 2.75) is 19.0 Å². The monoisotopic (exact) mass is 236 g/mol. The fourth-order valence-corrected chi connectivity index (χ4v) is 1.38. The molecule has 5 heteroatoms. The van der Waals surface area contributed by atoms with Gasteiger partial charge in [-0.25, -0.2) is 9.18 Å². The van der Waals surface area contributed by atoms with Crippen molar-refractivity contribution in [1.82, 2.24) is 4.90 Å². The van der Waals surface area contributed by atoms with Gasteiger partial charge in [-0.15, -0.1) is 0 Å². The minimum atomic E-state index is -1.65. The number of carbonyl (C=O) groups is 1. The highest BCUT2D eigenvalue weighted by Crippen LogP contribution is 2.18. The van der Waals surface area contributed by atoms with E-state index in [1.54, 1.807) is 36.4 Å². The minimum absolute atomic E-state index is 0.00977. The summed E-state index contributed by atoms with van der Waals surface area (Å²) in [5, 5.41) is 17.9. The lowest BCUT2D eigenvalue weighted by atomic mass is 10.0. The van der Waals surface area contributed by atoms with Gasteiger partial charge in [-0.05, 0) is 12.5 Å². The summed E-state index contributed by atoms with van der Waals surface area (Å²) in [6, 6.07) is 10.5. The Balaban J connectivity index is 2.96. The van der Waals surface area contributed by atoms with Crippen LogP contribution in [0.15, 0.2) is 30.3 Å². The Morgan fingerprint density at radius 3 is 2.53 bits per heavy atom. The molecule has 0 aromatic heterocycles. The highest BCUT2D eigenvalue weighted by atomic mass is 19.1. The number of alkyl halides is 1. The molecule has 0 radical (unpaired) electrons. The third-order valence-electron chi connectivity index (χ3n) is 2.51. The molecule has 1 aromatic rings. The van der Waals surface area contributed by atoms with Gasteiger partial charge in [0.25, 0.3) is 0 Å². The molecule has 1 unspecified atom stereocenters. The molecule has 0 saturated carbocycles. The van der Waals surface area contributed by atoms with Crippen LogP contribution in [0.4, 0.5) is 9.18 Å². The van der Waals surface area contributed by atoms with Gasteiger partial charge in [0.05, 0.1) is 12.6 Å². The zero-order valence-corrected chi connectivity index (χ0v) is 9.43. The summed E-state index contributed by atoms with van der Waals surface area (Å²) in [6.07, 6.45) is -1.31. The molecule has 0 spiro atoms. The van der Waals surface area contributed by atoms with Crippen molar-refractivity contribution < 1.29 is 14.3 Å². The van der Waals surface area contributed by atoms with Gasteiger partial charge >= 0.3 is 6.09 Å². The van der Waals surface area contributed by atoms with Gasteiger partial charge in [0.1, 0.15) is 6.67 Å². The Morgan fingerprint density at radius 2 is 2.12 bits per heavy atom. The van der Waals surface area contributed by atoms with E-state index < -0.39 is 18.3 Å². The first-order valence-corrected chi connectivity index (χ1v) is 5.05. The number of nitrogens with zero attached hydrogens (tertiary/aromatic N) is 2. The number of rotatable bonds is 4. The Morgan fingerprint density at radius 1 is 1.53 bits per heavy atom. The number of carboxylic acid groups (broad SMARTS) is 1. The van der Waals surface area contributed by atoms with E-state index in [0.717, 1.165) is 4.90 Å². The van der Waals surface area contributed by atoms with Gasteiger partial charge in [-0.1, -0.05) is 30.3 Å².